The van der Waals surface area contributed by atoms with Gasteiger partial charge < -0.3 is 19.5 Å². The molecule has 0 heterocycles. The molecule has 0 saturated carbocycles. The largest absolute Gasteiger partial charge is 0.385 e. The molecule has 1 unspecified atom stereocenters. The zero-order valence-corrected chi connectivity index (χ0v) is 11.7. The molecule has 104 valence electrons. The van der Waals surface area contributed by atoms with E-state index in [4.69, 9.17) is 14.2 Å². The van der Waals surface area contributed by atoms with Crippen molar-refractivity contribution >= 4 is 0 Å². The van der Waals surface area contributed by atoms with Gasteiger partial charge in [-0.3, -0.25) is 0 Å². The zero-order chi connectivity index (χ0) is 12.8. The molecule has 4 heteroatoms. The summed E-state index contributed by atoms with van der Waals surface area (Å²) in [5, 5.41) is 3.38. The molecule has 4 nitrogen and oxygen atoms in total. The SMILES string of the molecule is CCCNCC(C)COCCOCCCOC. The first kappa shape index (κ1) is 16.8. The van der Waals surface area contributed by atoms with Crippen LogP contribution in [0.25, 0.3) is 0 Å². The lowest BCUT2D eigenvalue weighted by molar-refractivity contribution is 0.0296. The fraction of sp³-hybridized carbons (Fsp3) is 1.00. The predicted molar refractivity (Wildman–Crippen MR) is 70.5 cm³/mol. The second-order valence-corrected chi connectivity index (χ2v) is 4.34. The molecular weight excluding hydrogens is 218 g/mol. The van der Waals surface area contributed by atoms with Crippen molar-refractivity contribution in [3.63, 3.8) is 0 Å². The molecule has 17 heavy (non-hydrogen) atoms. The van der Waals surface area contributed by atoms with E-state index in [1.165, 1.54) is 6.42 Å². The average Bonchev–Trinajstić information content (AvgIpc) is 2.33. The maximum absolute atomic E-state index is 5.54. The number of hydrogen-bond acceptors (Lipinski definition) is 4. The Balaban J connectivity index is 3.05. The zero-order valence-electron chi connectivity index (χ0n) is 11.7. The Kier molecular flexibility index (Phi) is 13.8. The highest BCUT2D eigenvalue weighted by Crippen LogP contribution is 1.94. The second-order valence-electron chi connectivity index (χ2n) is 4.34. The van der Waals surface area contributed by atoms with Crippen LogP contribution in [0.1, 0.15) is 26.7 Å². The fourth-order valence-corrected chi connectivity index (χ4v) is 1.39. The molecule has 0 aliphatic carbocycles. The molecule has 0 aromatic carbocycles. The molecule has 0 aromatic rings. The summed E-state index contributed by atoms with van der Waals surface area (Å²) in [6.07, 6.45) is 2.14. The minimum absolute atomic E-state index is 0.565. The maximum atomic E-state index is 5.54. The summed E-state index contributed by atoms with van der Waals surface area (Å²) < 4.78 is 15.9. The highest BCUT2D eigenvalue weighted by molar-refractivity contribution is 4.55. The summed E-state index contributed by atoms with van der Waals surface area (Å²) >= 11 is 0. The first-order chi connectivity index (χ1) is 8.31. The van der Waals surface area contributed by atoms with Gasteiger partial charge in [-0.1, -0.05) is 13.8 Å². The third kappa shape index (κ3) is 13.8. The van der Waals surface area contributed by atoms with Crippen molar-refractivity contribution < 1.29 is 14.2 Å². The Morgan fingerprint density at radius 1 is 1.06 bits per heavy atom. The van der Waals surface area contributed by atoms with E-state index in [-0.39, 0.29) is 0 Å². The molecule has 1 atom stereocenters. The summed E-state index contributed by atoms with van der Waals surface area (Å²) in [7, 11) is 1.71. The van der Waals surface area contributed by atoms with Crippen LogP contribution in [0.4, 0.5) is 0 Å². The van der Waals surface area contributed by atoms with Crippen LogP contribution < -0.4 is 5.32 Å². The third-order valence-corrected chi connectivity index (χ3v) is 2.33. The van der Waals surface area contributed by atoms with Crippen LogP contribution in [-0.2, 0) is 14.2 Å². The van der Waals surface area contributed by atoms with Crippen molar-refractivity contribution in [2.75, 3.05) is 53.2 Å². The van der Waals surface area contributed by atoms with E-state index in [0.29, 0.717) is 19.1 Å². The molecule has 1 N–H and O–H groups in total. The Hall–Kier alpha value is -0.160. The maximum Gasteiger partial charge on any atom is 0.0700 e. The van der Waals surface area contributed by atoms with E-state index in [1.807, 2.05) is 0 Å². The Morgan fingerprint density at radius 3 is 2.53 bits per heavy atom. The first-order valence-electron chi connectivity index (χ1n) is 6.66. The van der Waals surface area contributed by atoms with Gasteiger partial charge in [-0.2, -0.15) is 0 Å². The number of ether oxygens (including phenoxy) is 3. The lowest BCUT2D eigenvalue weighted by Gasteiger charge is -2.12. The molecule has 0 aliphatic rings. The molecule has 0 saturated heterocycles. The topological polar surface area (TPSA) is 39.7 Å². The molecular formula is C13H29NO3. The van der Waals surface area contributed by atoms with E-state index >= 15 is 0 Å². The van der Waals surface area contributed by atoms with E-state index in [1.54, 1.807) is 7.11 Å². The van der Waals surface area contributed by atoms with Gasteiger partial charge in [0.1, 0.15) is 0 Å². The van der Waals surface area contributed by atoms with Gasteiger partial charge in [-0.25, -0.2) is 0 Å². The minimum atomic E-state index is 0.565. The minimum Gasteiger partial charge on any atom is -0.385 e. The van der Waals surface area contributed by atoms with Crippen LogP contribution >= 0.6 is 0 Å². The van der Waals surface area contributed by atoms with Gasteiger partial charge in [-0.15, -0.1) is 0 Å². The monoisotopic (exact) mass is 247 g/mol. The van der Waals surface area contributed by atoms with Crippen LogP contribution in [0.3, 0.4) is 0 Å². The van der Waals surface area contributed by atoms with Crippen LogP contribution in [0.15, 0.2) is 0 Å². The first-order valence-corrected chi connectivity index (χ1v) is 6.66. The summed E-state index contributed by atoms with van der Waals surface area (Å²) in [6, 6.07) is 0. The Bertz CT molecular complexity index is 145. The van der Waals surface area contributed by atoms with Crippen molar-refractivity contribution in [2.24, 2.45) is 5.92 Å². The van der Waals surface area contributed by atoms with E-state index < -0.39 is 0 Å². The van der Waals surface area contributed by atoms with Gasteiger partial charge in [0.2, 0.25) is 0 Å². The van der Waals surface area contributed by atoms with Gasteiger partial charge in [0.25, 0.3) is 0 Å². The normalized spacial score (nSPS) is 12.9. The van der Waals surface area contributed by atoms with Crippen LogP contribution in [0.2, 0.25) is 0 Å². The number of hydrogen-bond donors (Lipinski definition) is 1. The number of nitrogens with one attached hydrogen (secondary N) is 1. The van der Waals surface area contributed by atoms with E-state index in [2.05, 4.69) is 19.2 Å². The molecule has 0 radical (unpaired) electrons. The molecule has 0 rings (SSSR count). The van der Waals surface area contributed by atoms with Crippen LogP contribution in [0, 0.1) is 5.92 Å². The summed E-state index contributed by atoms with van der Waals surface area (Å²) in [5.41, 5.74) is 0. The summed E-state index contributed by atoms with van der Waals surface area (Å²) in [4.78, 5) is 0. The van der Waals surface area contributed by atoms with E-state index in [9.17, 15) is 0 Å². The van der Waals surface area contributed by atoms with Gasteiger partial charge >= 0.3 is 0 Å². The van der Waals surface area contributed by atoms with Crippen molar-refractivity contribution in [1.82, 2.24) is 5.32 Å². The van der Waals surface area contributed by atoms with Crippen LogP contribution in [0.5, 0.6) is 0 Å². The van der Waals surface area contributed by atoms with Gasteiger partial charge in [0.05, 0.1) is 19.8 Å². The smallest absolute Gasteiger partial charge is 0.0700 e. The Labute approximate surface area is 106 Å². The summed E-state index contributed by atoms with van der Waals surface area (Å²) in [6.45, 7) is 10.2. The van der Waals surface area contributed by atoms with Crippen molar-refractivity contribution in [2.45, 2.75) is 26.7 Å². The highest BCUT2D eigenvalue weighted by atomic mass is 16.5. The standard InChI is InChI=1S/C13H29NO3/c1-4-6-14-11-13(2)12-17-10-9-16-8-5-7-15-3/h13-14H,4-12H2,1-3H3. The summed E-state index contributed by atoms with van der Waals surface area (Å²) in [5.74, 6) is 0.565. The van der Waals surface area contributed by atoms with Crippen molar-refractivity contribution in [3.05, 3.63) is 0 Å². The average molecular weight is 247 g/mol. The lowest BCUT2D eigenvalue weighted by atomic mass is 10.2. The van der Waals surface area contributed by atoms with Gasteiger partial charge in [0.15, 0.2) is 0 Å². The fourth-order valence-electron chi connectivity index (χ4n) is 1.39. The molecule has 0 bridgehead atoms. The van der Waals surface area contributed by atoms with Crippen molar-refractivity contribution in [1.29, 1.82) is 0 Å². The Morgan fingerprint density at radius 2 is 1.82 bits per heavy atom. The predicted octanol–water partition coefficient (Wildman–Crippen LogP) is 1.69. The molecule has 0 spiro atoms. The van der Waals surface area contributed by atoms with Gasteiger partial charge in [-0.05, 0) is 31.8 Å². The molecule has 0 aromatic heterocycles. The quantitative estimate of drug-likeness (QED) is 0.503. The third-order valence-electron chi connectivity index (χ3n) is 2.33. The van der Waals surface area contributed by atoms with Crippen LogP contribution in [-0.4, -0.2) is 53.2 Å². The second kappa shape index (κ2) is 13.9. The highest BCUT2D eigenvalue weighted by Gasteiger charge is 2.00. The van der Waals surface area contributed by atoms with Gasteiger partial charge in [0, 0.05) is 20.3 Å². The molecule has 0 amide bonds. The molecule has 0 fully saturated rings. The lowest BCUT2D eigenvalue weighted by Crippen LogP contribution is -2.25. The number of rotatable bonds is 13. The number of methoxy groups -OCH3 is 1. The van der Waals surface area contributed by atoms with E-state index in [0.717, 1.165) is 39.3 Å². The molecule has 0 aliphatic heterocycles. The van der Waals surface area contributed by atoms with Crippen molar-refractivity contribution in [3.8, 4) is 0 Å².